The van der Waals surface area contributed by atoms with Crippen LogP contribution in [0, 0.1) is 6.92 Å². The predicted molar refractivity (Wildman–Crippen MR) is 68.7 cm³/mol. The van der Waals surface area contributed by atoms with Crippen LogP contribution in [0.3, 0.4) is 0 Å². The number of nitrogens with zero attached hydrogens (tertiary/aromatic N) is 1. The molecular weight excluding hydrogens is 214 g/mol. The summed E-state index contributed by atoms with van der Waals surface area (Å²) in [5.74, 6) is 0.716. The molecule has 1 aromatic carbocycles. The third-order valence-corrected chi connectivity index (χ3v) is 2.70. The highest BCUT2D eigenvalue weighted by molar-refractivity contribution is 5.73. The maximum atomic E-state index is 5.44. The first-order valence-corrected chi connectivity index (χ1v) is 6.06. The lowest BCUT2D eigenvalue weighted by atomic mass is 10.2. The van der Waals surface area contributed by atoms with Crippen molar-refractivity contribution in [2.75, 3.05) is 13.1 Å². The first-order chi connectivity index (χ1) is 8.29. The van der Waals surface area contributed by atoms with Crippen molar-refractivity contribution in [3.63, 3.8) is 0 Å². The number of unbranched alkanes of at least 4 members (excludes halogenated alkanes) is 1. The number of nitrogens with two attached hydrogens (primary N) is 1. The van der Waals surface area contributed by atoms with Crippen LogP contribution >= 0.6 is 0 Å². The Hall–Kier alpha value is -1.39. The van der Waals surface area contributed by atoms with E-state index in [0.717, 1.165) is 43.6 Å². The number of fused-ring (bicyclic) bond motifs is 1. The van der Waals surface area contributed by atoms with Crippen LogP contribution in [0.25, 0.3) is 11.1 Å². The predicted octanol–water partition coefficient (Wildman–Crippen LogP) is 1.96. The fourth-order valence-electron chi connectivity index (χ4n) is 1.83. The molecule has 2 rings (SSSR count). The highest BCUT2D eigenvalue weighted by Crippen LogP contribution is 2.16. The molecule has 0 fully saturated rings. The molecule has 0 unspecified atom stereocenters. The second-order valence-corrected chi connectivity index (χ2v) is 4.21. The molecule has 4 nitrogen and oxygen atoms in total. The van der Waals surface area contributed by atoms with Gasteiger partial charge in [-0.05, 0) is 43.6 Å². The van der Waals surface area contributed by atoms with Gasteiger partial charge >= 0.3 is 0 Å². The Balaban J connectivity index is 1.90. The number of hydrogen-bond donors (Lipinski definition) is 2. The Labute approximate surface area is 101 Å². The van der Waals surface area contributed by atoms with Crippen LogP contribution in [0.4, 0.5) is 0 Å². The average molecular weight is 233 g/mol. The summed E-state index contributed by atoms with van der Waals surface area (Å²) in [6.07, 6.45) is 2.20. The molecule has 92 valence electrons. The van der Waals surface area contributed by atoms with Crippen molar-refractivity contribution in [1.82, 2.24) is 10.3 Å². The van der Waals surface area contributed by atoms with Crippen molar-refractivity contribution >= 4 is 11.1 Å². The van der Waals surface area contributed by atoms with Gasteiger partial charge in [0.1, 0.15) is 5.52 Å². The maximum Gasteiger partial charge on any atom is 0.192 e. The van der Waals surface area contributed by atoms with E-state index < -0.39 is 0 Å². The van der Waals surface area contributed by atoms with Gasteiger partial charge in [-0.1, -0.05) is 6.07 Å². The SMILES string of the molecule is Cc1nc2cc(CNCCCCN)ccc2o1. The van der Waals surface area contributed by atoms with E-state index in [-0.39, 0.29) is 0 Å². The molecule has 0 spiro atoms. The first kappa shape index (κ1) is 12.1. The summed E-state index contributed by atoms with van der Waals surface area (Å²) in [6, 6.07) is 6.12. The molecule has 0 amide bonds. The van der Waals surface area contributed by atoms with Crippen molar-refractivity contribution in [2.24, 2.45) is 5.73 Å². The molecule has 17 heavy (non-hydrogen) atoms. The largest absolute Gasteiger partial charge is 0.441 e. The van der Waals surface area contributed by atoms with Crippen molar-refractivity contribution in [1.29, 1.82) is 0 Å². The lowest BCUT2D eigenvalue weighted by Gasteiger charge is -2.03. The number of aryl methyl sites for hydroxylation is 1. The van der Waals surface area contributed by atoms with Crippen LogP contribution < -0.4 is 11.1 Å². The molecule has 2 aromatic rings. The van der Waals surface area contributed by atoms with E-state index in [1.807, 2.05) is 13.0 Å². The Kier molecular flexibility index (Phi) is 4.12. The van der Waals surface area contributed by atoms with Crippen LogP contribution in [0.15, 0.2) is 22.6 Å². The zero-order chi connectivity index (χ0) is 12.1. The molecule has 0 saturated heterocycles. The second-order valence-electron chi connectivity index (χ2n) is 4.21. The Morgan fingerprint density at radius 3 is 3.06 bits per heavy atom. The van der Waals surface area contributed by atoms with Gasteiger partial charge in [-0.15, -0.1) is 0 Å². The standard InChI is InChI=1S/C13H19N3O/c1-10-16-12-8-11(4-5-13(12)17-10)9-15-7-3-2-6-14/h4-5,8,15H,2-3,6-7,9,14H2,1H3. The molecule has 0 aliphatic heterocycles. The number of nitrogens with one attached hydrogen (secondary N) is 1. The van der Waals surface area contributed by atoms with Gasteiger partial charge < -0.3 is 15.5 Å². The molecule has 0 saturated carbocycles. The molecule has 0 aliphatic rings. The van der Waals surface area contributed by atoms with Crippen LogP contribution in [-0.4, -0.2) is 18.1 Å². The summed E-state index contributed by atoms with van der Waals surface area (Å²) in [4.78, 5) is 4.32. The van der Waals surface area contributed by atoms with Gasteiger partial charge in [-0.3, -0.25) is 0 Å². The minimum Gasteiger partial charge on any atom is -0.441 e. The van der Waals surface area contributed by atoms with E-state index in [4.69, 9.17) is 10.2 Å². The van der Waals surface area contributed by atoms with Crippen molar-refractivity contribution in [2.45, 2.75) is 26.3 Å². The van der Waals surface area contributed by atoms with Crippen LogP contribution in [0.2, 0.25) is 0 Å². The van der Waals surface area contributed by atoms with Crippen LogP contribution in [-0.2, 0) is 6.54 Å². The highest BCUT2D eigenvalue weighted by atomic mass is 16.3. The number of rotatable bonds is 6. The molecule has 3 N–H and O–H groups in total. The number of aromatic nitrogens is 1. The quantitative estimate of drug-likeness (QED) is 0.749. The molecule has 0 atom stereocenters. The summed E-state index contributed by atoms with van der Waals surface area (Å²) in [7, 11) is 0. The van der Waals surface area contributed by atoms with Gasteiger partial charge in [-0.2, -0.15) is 0 Å². The maximum absolute atomic E-state index is 5.44. The molecule has 1 aromatic heterocycles. The summed E-state index contributed by atoms with van der Waals surface area (Å²) >= 11 is 0. The van der Waals surface area contributed by atoms with Crippen molar-refractivity contribution < 1.29 is 4.42 Å². The van der Waals surface area contributed by atoms with E-state index in [0.29, 0.717) is 5.89 Å². The minimum atomic E-state index is 0.716. The van der Waals surface area contributed by atoms with E-state index >= 15 is 0 Å². The summed E-state index contributed by atoms with van der Waals surface area (Å²) < 4.78 is 5.44. The van der Waals surface area contributed by atoms with E-state index in [2.05, 4.69) is 22.4 Å². The smallest absolute Gasteiger partial charge is 0.192 e. The molecule has 4 heteroatoms. The zero-order valence-corrected chi connectivity index (χ0v) is 10.2. The van der Waals surface area contributed by atoms with Crippen molar-refractivity contribution in [3.05, 3.63) is 29.7 Å². The summed E-state index contributed by atoms with van der Waals surface area (Å²) in [5.41, 5.74) is 8.46. The molecule has 0 bridgehead atoms. The molecule has 0 radical (unpaired) electrons. The average Bonchev–Trinajstić information content (AvgIpc) is 2.68. The zero-order valence-electron chi connectivity index (χ0n) is 10.2. The van der Waals surface area contributed by atoms with E-state index in [1.165, 1.54) is 5.56 Å². The monoisotopic (exact) mass is 233 g/mol. The molecular formula is C13H19N3O. The fraction of sp³-hybridized carbons (Fsp3) is 0.462. The van der Waals surface area contributed by atoms with Gasteiger partial charge in [0.25, 0.3) is 0 Å². The van der Waals surface area contributed by atoms with Gasteiger partial charge in [0.15, 0.2) is 11.5 Å². The number of benzene rings is 1. The lowest BCUT2D eigenvalue weighted by molar-refractivity contribution is 0.561. The second kappa shape index (κ2) is 5.80. The third kappa shape index (κ3) is 3.28. The van der Waals surface area contributed by atoms with Gasteiger partial charge in [0.2, 0.25) is 0 Å². The summed E-state index contributed by atoms with van der Waals surface area (Å²) in [6.45, 7) is 4.51. The third-order valence-electron chi connectivity index (χ3n) is 2.70. The van der Waals surface area contributed by atoms with Crippen LogP contribution in [0.1, 0.15) is 24.3 Å². The van der Waals surface area contributed by atoms with Crippen molar-refractivity contribution in [3.8, 4) is 0 Å². The first-order valence-electron chi connectivity index (χ1n) is 6.06. The highest BCUT2D eigenvalue weighted by Gasteiger charge is 2.02. The van der Waals surface area contributed by atoms with Gasteiger partial charge in [0, 0.05) is 13.5 Å². The Morgan fingerprint density at radius 2 is 2.24 bits per heavy atom. The fourth-order valence-corrected chi connectivity index (χ4v) is 1.83. The lowest BCUT2D eigenvalue weighted by Crippen LogP contribution is -2.15. The minimum absolute atomic E-state index is 0.716. The topological polar surface area (TPSA) is 64.1 Å². The van der Waals surface area contributed by atoms with E-state index in [1.54, 1.807) is 0 Å². The summed E-state index contributed by atoms with van der Waals surface area (Å²) in [5, 5.41) is 3.39. The molecule has 1 heterocycles. The van der Waals surface area contributed by atoms with Gasteiger partial charge in [0.05, 0.1) is 0 Å². The molecule has 0 aliphatic carbocycles. The number of hydrogen-bond acceptors (Lipinski definition) is 4. The number of oxazole rings is 1. The van der Waals surface area contributed by atoms with Crippen LogP contribution in [0.5, 0.6) is 0 Å². The van der Waals surface area contributed by atoms with E-state index in [9.17, 15) is 0 Å². The Bertz CT molecular complexity index is 478. The normalized spacial score (nSPS) is 11.2. The Morgan fingerprint density at radius 1 is 1.35 bits per heavy atom. The van der Waals surface area contributed by atoms with Gasteiger partial charge in [-0.25, -0.2) is 4.98 Å².